The first-order valence-corrected chi connectivity index (χ1v) is 13.9. The van der Waals surface area contributed by atoms with Crippen molar-refractivity contribution in [3.8, 4) is 11.1 Å². The van der Waals surface area contributed by atoms with Gasteiger partial charge in [0.1, 0.15) is 6.04 Å². The number of primary amides is 1. The maximum Gasteiger partial charge on any atom is 0.321 e. The minimum atomic E-state index is -1.13. The lowest BCUT2D eigenvalue weighted by Crippen LogP contribution is -2.34. The van der Waals surface area contributed by atoms with Crippen molar-refractivity contribution < 1.29 is 19.5 Å². The average Bonchev–Trinajstić information content (AvgIpc) is 2.88. The highest BCUT2D eigenvalue weighted by molar-refractivity contribution is 8.12. The van der Waals surface area contributed by atoms with Crippen molar-refractivity contribution in [2.24, 2.45) is 11.7 Å². The smallest absolute Gasteiger partial charge is 0.321 e. The molecule has 0 radical (unpaired) electrons. The van der Waals surface area contributed by atoms with Crippen LogP contribution in [0, 0.1) is 12.8 Å². The first-order chi connectivity index (χ1) is 17.7. The summed E-state index contributed by atoms with van der Waals surface area (Å²) >= 11 is 0.744. The van der Waals surface area contributed by atoms with Gasteiger partial charge in [0.05, 0.1) is 0 Å². The molecule has 1 atom stereocenters. The summed E-state index contributed by atoms with van der Waals surface area (Å²) in [5.41, 5.74) is 9.66. The summed E-state index contributed by atoms with van der Waals surface area (Å²) in [5.74, 6) is -0.876. The van der Waals surface area contributed by atoms with Gasteiger partial charge in [0.2, 0.25) is 11.0 Å². The largest absolute Gasteiger partial charge is 0.480 e. The summed E-state index contributed by atoms with van der Waals surface area (Å²) in [6.45, 7) is 3.86. The van der Waals surface area contributed by atoms with E-state index in [1.54, 1.807) is 0 Å². The lowest BCUT2D eigenvalue weighted by atomic mass is 9.87. The number of aryl methyl sites for hydroxylation is 1. The molecule has 8 heteroatoms. The van der Waals surface area contributed by atoms with Crippen molar-refractivity contribution in [2.45, 2.75) is 70.9 Å². The van der Waals surface area contributed by atoms with Gasteiger partial charge in [0, 0.05) is 30.5 Å². The molecule has 7 nitrogen and oxygen atoms in total. The quantitative estimate of drug-likeness (QED) is 0.310. The van der Waals surface area contributed by atoms with Gasteiger partial charge in [-0.2, -0.15) is 0 Å². The third kappa shape index (κ3) is 8.98. The van der Waals surface area contributed by atoms with Crippen molar-refractivity contribution in [2.75, 3.05) is 13.6 Å². The molecule has 1 saturated carbocycles. The van der Waals surface area contributed by atoms with Crippen molar-refractivity contribution in [1.29, 1.82) is 0 Å². The molecule has 1 amide bonds. The monoisotopic (exact) mass is 525 g/mol. The van der Waals surface area contributed by atoms with Gasteiger partial charge < -0.3 is 15.7 Å². The van der Waals surface area contributed by atoms with Crippen LogP contribution in [-0.2, 0) is 16.1 Å². The maximum absolute atomic E-state index is 13.2. The van der Waals surface area contributed by atoms with Crippen LogP contribution in [0.25, 0.3) is 11.1 Å². The Morgan fingerprint density at radius 1 is 1.11 bits per heavy atom. The molecular formula is C29H39N3O4S. The number of hydrogen-bond donors (Lipinski definition) is 3. The number of carbonyl (C=O) groups excluding carboxylic acids is 2. The zero-order chi connectivity index (χ0) is 26.8. The minimum Gasteiger partial charge on any atom is -0.480 e. The summed E-state index contributed by atoms with van der Waals surface area (Å²) in [7, 11) is 2.15. The Kier molecular flexibility index (Phi) is 11.2. The van der Waals surface area contributed by atoms with Gasteiger partial charge in [0.15, 0.2) is 0 Å². The van der Waals surface area contributed by atoms with Crippen molar-refractivity contribution in [1.82, 2.24) is 9.62 Å². The van der Waals surface area contributed by atoms with E-state index in [9.17, 15) is 19.5 Å². The molecule has 1 aliphatic carbocycles. The first kappa shape index (κ1) is 28.9. The van der Waals surface area contributed by atoms with Crippen LogP contribution in [0.3, 0.4) is 0 Å². The Morgan fingerprint density at radius 3 is 2.51 bits per heavy atom. The third-order valence-electron chi connectivity index (χ3n) is 7.11. The van der Waals surface area contributed by atoms with Crippen LogP contribution in [0.2, 0.25) is 0 Å². The van der Waals surface area contributed by atoms with Crippen LogP contribution >= 0.6 is 11.9 Å². The summed E-state index contributed by atoms with van der Waals surface area (Å²) in [5, 5.41) is 9.16. The van der Waals surface area contributed by atoms with Crippen molar-refractivity contribution >= 4 is 28.9 Å². The first-order valence-electron chi connectivity index (χ1n) is 13.1. The molecule has 4 N–H and O–H groups in total. The average molecular weight is 526 g/mol. The van der Waals surface area contributed by atoms with Crippen LogP contribution in [0.1, 0.15) is 72.9 Å². The Balaban J connectivity index is 1.75. The standard InChI is InChI=1S/C29H39N3O4S/c1-20-8-6-7-11-23(20)25-18-22(19-32(2)17-16-21-9-4-3-5-10-21)12-13-24(25)29(36)37-31-26(28(34)35)14-15-27(30)33/h6-8,11-13,18,21,26,31H,3-5,9-10,14-17,19H2,1-2H3,(H2,30,33)(H,34,35)/t26-/m0/s1. The molecule has 0 unspecified atom stereocenters. The van der Waals surface area contributed by atoms with Gasteiger partial charge in [0.25, 0.3) is 0 Å². The van der Waals surface area contributed by atoms with Gasteiger partial charge >= 0.3 is 5.97 Å². The molecule has 37 heavy (non-hydrogen) atoms. The number of carboxylic acid groups (broad SMARTS) is 1. The Bertz CT molecular complexity index is 1080. The molecule has 0 spiro atoms. The fourth-order valence-electron chi connectivity index (χ4n) is 4.93. The second-order valence-electron chi connectivity index (χ2n) is 10.1. The number of hydrogen-bond acceptors (Lipinski definition) is 6. The maximum atomic E-state index is 13.2. The fourth-order valence-corrected chi connectivity index (χ4v) is 5.69. The Labute approximate surface area is 224 Å². The second kappa shape index (κ2) is 14.3. The highest BCUT2D eigenvalue weighted by Crippen LogP contribution is 2.31. The molecule has 0 saturated heterocycles. The predicted molar refractivity (Wildman–Crippen MR) is 149 cm³/mol. The van der Waals surface area contributed by atoms with Crippen LogP contribution in [-0.4, -0.2) is 46.6 Å². The van der Waals surface area contributed by atoms with Gasteiger partial charge in [-0.1, -0.05) is 62.4 Å². The number of benzene rings is 2. The summed E-state index contributed by atoms with van der Waals surface area (Å²) < 4.78 is 2.71. The Morgan fingerprint density at radius 2 is 1.84 bits per heavy atom. The predicted octanol–water partition coefficient (Wildman–Crippen LogP) is 5.16. The lowest BCUT2D eigenvalue weighted by Gasteiger charge is -2.25. The van der Waals surface area contributed by atoms with Crippen molar-refractivity contribution in [3.63, 3.8) is 0 Å². The molecule has 0 heterocycles. The number of nitrogens with two attached hydrogens (primary N) is 1. The van der Waals surface area contributed by atoms with Crippen LogP contribution in [0.5, 0.6) is 0 Å². The van der Waals surface area contributed by atoms with Crippen molar-refractivity contribution in [3.05, 3.63) is 59.2 Å². The van der Waals surface area contributed by atoms with E-state index in [0.29, 0.717) is 5.56 Å². The van der Waals surface area contributed by atoms with E-state index >= 15 is 0 Å². The molecule has 2 aromatic carbocycles. The van der Waals surface area contributed by atoms with E-state index in [0.717, 1.165) is 53.2 Å². The van der Waals surface area contributed by atoms with Gasteiger partial charge in [-0.15, -0.1) is 0 Å². The summed E-state index contributed by atoms with van der Waals surface area (Å²) in [6.07, 6.45) is 7.94. The molecule has 0 bridgehead atoms. The second-order valence-corrected chi connectivity index (χ2v) is 10.9. The number of aliphatic carboxylic acids is 1. The van der Waals surface area contributed by atoms with Crippen LogP contribution in [0.4, 0.5) is 0 Å². The van der Waals surface area contributed by atoms with Crippen LogP contribution in [0.15, 0.2) is 42.5 Å². The Hall–Kier alpha value is -2.68. The molecule has 0 aromatic heterocycles. The number of carboxylic acids is 1. The molecular weight excluding hydrogens is 486 g/mol. The molecule has 3 rings (SSSR count). The normalized spacial score (nSPS) is 15.0. The fraction of sp³-hybridized carbons (Fsp3) is 0.483. The summed E-state index contributed by atoms with van der Waals surface area (Å²) in [6, 6.07) is 12.8. The van der Waals surface area contributed by atoms with E-state index in [4.69, 9.17) is 5.73 Å². The highest BCUT2D eigenvalue weighted by Gasteiger charge is 2.22. The zero-order valence-electron chi connectivity index (χ0n) is 21.9. The molecule has 1 aliphatic rings. The van der Waals surface area contributed by atoms with Gasteiger partial charge in [-0.05, 0) is 73.7 Å². The number of nitrogens with one attached hydrogen (secondary N) is 1. The SMILES string of the molecule is Cc1ccccc1-c1cc(CN(C)CCC2CCCCC2)ccc1C(=O)SN[C@@H](CCC(N)=O)C(=O)O. The third-order valence-corrected chi connectivity index (χ3v) is 7.91. The number of rotatable bonds is 13. The highest BCUT2D eigenvalue weighted by atomic mass is 32.2. The number of nitrogens with zero attached hydrogens (tertiary/aromatic N) is 1. The molecule has 1 fully saturated rings. The molecule has 0 aliphatic heterocycles. The van der Waals surface area contributed by atoms with E-state index in [1.807, 2.05) is 43.3 Å². The van der Waals surface area contributed by atoms with Gasteiger partial charge in [-0.3, -0.25) is 14.4 Å². The van der Waals surface area contributed by atoms with Gasteiger partial charge in [-0.25, -0.2) is 4.72 Å². The minimum absolute atomic E-state index is 0.0156. The van der Waals surface area contributed by atoms with E-state index in [-0.39, 0.29) is 18.0 Å². The molecule has 2 aromatic rings. The lowest BCUT2D eigenvalue weighted by molar-refractivity contribution is -0.139. The number of carbonyl (C=O) groups is 3. The van der Waals surface area contributed by atoms with Crippen LogP contribution < -0.4 is 10.5 Å². The van der Waals surface area contributed by atoms with E-state index < -0.39 is 17.9 Å². The van der Waals surface area contributed by atoms with E-state index in [2.05, 4.69) is 22.7 Å². The zero-order valence-corrected chi connectivity index (χ0v) is 22.7. The summed E-state index contributed by atoms with van der Waals surface area (Å²) in [4.78, 5) is 38.2. The molecule has 200 valence electrons. The van der Waals surface area contributed by atoms with E-state index in [1.165, 1.54) is 38.5 Å². The topological polar surface area (TPSA) is 113 Å². The number of amides is 1.